The van der Waals surface area contributed by atoms with E-state index < -0.39 is 0 Å². The van der Waals surface area contributed by atoms with E-state index in [2.05, 4.69) is 10.6 Å². The van der Waals surface area contributed by atoms with Crippen LogP contribution in [0.2, 0.25) is 0 Å². The van der Waals surface area contributed by atoms with Gasteiger partial charge in [0.1, 0.15) is 0 Å². The molecule has 4 nitrogen and oxygen atoms in total. The molecule has 1 fully saturated rings. The Labute approximate surface area is 85.4 Å². The molecule has 1 saturated carbocycles. The monoisotopic (exact) mass is 200 g/mol. The summed E-state index contributed by atoms with van der Waals surface area (Å²) in [4.78, 5) is 11.5. The minimum absolute atomic E-state index is 0.0933. The molecule has 2 N–H and O–H groups in total. The van der Waals surface area contributed by atoms with Gasteiger partial charge >= 0.3 is 0 Å². The minimum atomic E-state index is -0.131. The SMILES string of the molecule is COC(C)CNC(C)C(=O)NC1CC1. The van der Waals surface area contributed by atoms with Gasteiger partial charge in [-0.3, -0.25) is 4.79 Å². The van der Waals surface area contributed by atoms with Gasteiger partial charge in [0.25, 0.3) is 0 Å². The van der Waals surface area contributed by atoms with Gasteiger partial charge in [-0.25, -0.2) is 0 Å². The van der Waals surface area contributed by atoms with Gasteiger partial charge in [-0.05, 0) is 26.7 Å². The summed E-state index contributed by atoms with van der Waals surface area (Å²) in [5.74, 6) is 0.0933. The van der Waals surface area contributed by atoms with Crippen molar-refractivity contribution in [2.75, 3.05) is 13.7 Å². The van der Waals surface area contributed by atoms with Crippen LogP contribution in [-0.4, -0.2) is 37.7 Å². The van der Waals surface area contributed by atoms with Crippen molar-refractivity contribution in [3.05, 3.63) is 0 Å². The first-order valence-electron chi connectivity index (χ1n) is 5.20. The highest BCUT2D eigenvalue weighted by molar-refractivity contribution is 5.81. The molecule has 1 rings (SSSR count). The van der Waals surface area contributed by atoms with Gasteiger partial charge < -0.3 is 15.4 Å². The zero-order valence-electron chi connectivity index (χ0n) is 9.17. The van der Waals surface area contributed by atoms with Crippen molar-refractivity contribution in [1.82, 2.24) is 10.6 Å². The third-order valence-corrected chi connectivity index (χ3v) is 2.43. The summed E-state index contributed by atoms with van der Waals surface area (Å²) in [6.07, 6.45) is 2.41. The van der Waals surface area contributed by atoms with Crippen LogP contribution in [0, 0.1) is 0 Å². The summed E-state index contributed by atoms with van der Waals surface area (Å²) in [6.45, 7) is 4.55. The number of rotatable bonds is 6. The maximum Gasteiger partial charge on any atom is 0.237 e. The van der Waals surface area contributed by atoms with Crippen LogP contribution in [0.25, 0.3) is 0 Å². The highest BCUT2D eigenvalue weighted by atomic mass is 16.5. The molecule has 0 bridgehead atoms. The van der Waals surface area contributed by atoms with E-state index in [9.17, 15) is 4.79 Å². The number of carbonyl (C=O) groups excluding carboxylic acids is 1. The Morgan fingerprint density at radius 1 is 1.50 bits per heavy atom. The highest BCUT2D eigenvalue weighted by Crippen LogP contribution is 2.18. The standard InChI is InChI=1S/C10H20N2O2/c1-7(14-3)6-11-8(2)10(13)12-9-4-5-9/h7-9,11H,4-6H2,1-3H3,(H,12,13). The normalized spacial score (nSPS) is 20.2. The van der Waals surface area contributed by atoms with E-state index in [1.54, 1.807) is 7.11 Å². The van der Waals surface area contributed by atoms with Crippen LogP contribution in [0.3, 0.4) is 0 Å². The molecule has 4 heteroatoms. The second kappa shape index (κ2) is 5.32. The third kappa shape index (κ3) is 4.07. The number of hydrogen-bond donors (Lipinski definition) is 2. The number of carbonyl (C=O) groups is 1. The predicted molar refractivity (Wildman–Crippen MR) is 55.1 cm³/mol. The first-order chi connectivity index (χ1) is 6.63. The van der Waals surface area contributed by atoms with E-state index in [1.165, 1.54) is 0 Å². The Morgan fingerprint density at radius 2 is 2.14 bits per heavy atom. The van der Waals surface area contributed by atoms with Crippen molar-refractivity contribution in [1.29, 1.82) is 0 Å². The first-order valence-corrected chi connectivity index (χ1v) is 5.20. The summed E-state index contributed by atoms with van der Waals surface area (Å²) in [6, 6.07) is 0.305. The lowest BCUT2D eigenvalue weighted by atomic mass is 10.3. The Kier molecular flexibility index (Phi) is 4.35. The number of ether oxygens (including phenoxy) is 1. The van der Waals surface area contributed by atoms with Gasteiger partial charge in [0.15, 0.2) is 0 Å². The average molecular weight is 200 g/mol. The first kappa shape index (κ1) is 11.5. The molecule has 0 spiro atoms. The van der Waals surface area contributed by atoms with Crippen LogP contribution < -0.4 is 10.6 Å². The topological polar surface area (TPSA) is 50.4 Å². The van der Waals surface area contributed by atoms with Crippen molar-refractivity contribution < 1.29 is 9.53 Å². The van der Waals surface area contributed by atoms with Crippen molar-refractivity contribution in [2.45, 2.75) is 44.9 Å². The lowest BCUT2D eigenvalue weighted by Crippen LogP contribution is -2.45. The number of methoxy groups -OCH3 is 1. The zero-order valence-corrected chi connectivity index (χ0v) is 9.17. The molecule has 0 saturated heterocycles. The fourth-order valence-corrected chi connectivity index (χ4v) is 1.07. The molecule has 0 heterocycles. The second-order valence-corrected chi connectivity index (χ2v) is 3.96. The molecular weight excluding hydrogens is 180 g/mol. The summed E-state index contributed by atoms with van der Waals surface area (Å²) < 4.78 is 5.08. The second-order valence-electron chi connectivity index (χ2n) is 3.96. The summed E-state index contributed by atoms with van der Waals surface area (Å²) >= 11 is 0. The lowest BCUT2D eigenvalue weighted by Gasteiger charge is -2.16. The van der Waals surface area contributed by atoms with E-state index in [-0.39, 0.29) is 18.1 Å². The van der Waals surface area contributed by atoms with Gasteiger partial charge in [-0.2, -0.15) is 0 Å². The maximum absolute atomic E-state index is 11.5. The molecule has 1 amide bonds. The molecule has 0 radical (unpaired) electrons. The summed E-state index contributed by atoms with van der Waals surface area (Å²) in [7, 11) is 1.67. The fraction of sp³-hybridized carbons (Fsp3) is 0.900. The van der Waals surface area contributed by atoms with Crippen LogP contribution in [-0.2, 0) is 9.53 Å². The van der Waals surface area contributed by atoms with Crippen LogP contribution in [0.15, 0.2) is 0 Å². The number of amides is 1. The zero-order chi connectivity index (χ0) is 10.6. The molecule has 2 unspecified atom stereocenters. The molecule has 82 valence electrons. The lowest BCUT2D eigenvalue weighted by molar-refractivity contribution is -0.123. The Bertz CT molecular complexity index is 193. The predicted octanol–water partition coefficient (Wildman–Crippen LogP) is 0.278. The maximum atomic E-state index is 11.5. The van der Waals surface area contributed by atoms with E-state index in [1.807, 2.05) is 13.8 Å². The van der Waals surface area contributed by atoms with Crippen molar-refractivity contribution in [3.63, 3.8) is 0 Å². The highest BCUT2D eigenvalue weighted by Gasteiger charge is 2.25. The molecule has 1 aliphatic rings. The third-order valence-electron chi connectivity index (χ3n) is 2.43. The summed E-state index contributed by atoms with van der Waals surface area (Å²) in [5, 5.41) is 6.08. The molecule has 0 aromatic rings. The van der Waals surface area contributed by atoms with Gasteiger partial charge in [0, 0.05) is 19.7 Å². The Hall–Kier alpha value is -0.610. The molecule has 0 aromatic carbocycles. The van der Waals surface area contributed by atoms with Crippen LogP contribution in [0.4, 0.5) is 0 Å². The van der Waals surface area contributed by atoms with Crippen LogP contribution >= 0.6 is 0 Å². The quantitative estimate of drug-likeness (QED) is 0.647. The Morgan fingerprint density at radius 3 is 2.64 bits per heavy atom. The van der Waals surface area contributed by atoms with Gasteiger partial charge in [0.2, 0.25) is 5.91 Å². The minimum Gasteiger partial charge on any atom is -0.380 e. The van der Waals surface area contributed by atoms with Crippen LogP contribution in [0.1, 0.15) is 26.7 Å². The molecular formula is C10H20N2O2. The largest absolute Gasteiger partial charge is 0.380 e. The Balaban J connectivity index is 2.12. The van der Waals surface area contributed by atoms with E-state index in [4.69, 9.17) is 4.74 Å². The van der Waals surface area contributed by atoms with E-state index in [0.717, 1.165) is 12.8 Å². The number of hydrogen-bond acceptors (Lipinski definition) is 3. The molecule has 0 aromatic heterocycles. The molecule has 1 aliphatic carbocycles. The van der Waals surface area contributed by atoms with Crippen molar-refractivity contribution in [2.24, 2.45) is 0 Å². The van der Waals surface area contributed by atoms with Gasteiger partial charge in [-0.15, -0.1) is 0 Å². The smallest absolute Gasteiger partial charge is 0.237 e. The van der Waals surface area contributed by atoms with Crippen LogP contribution in [0.5, 0.6) is 0 Å². The fourth-order valence-electron chi connectivity index (χ4n) is 1.07. The summed E-state index contributed by atoms with van der Waals surface area (Å²) in [5.41, 5.74) is 0. The van der Waals surface area contributed by atoms with Crippen molar-refractivity contribution in [3.8, 4) is 0 Å². The molecule has 14 heavy (non-hydrogen) atoms. The average Bonchev–Trinajstić information content (AvgIpc) is 2.97. The van der Waals surface area contributed by atoms with Gasteiger partial charge in [0.05, 0.1) is 12.1 Å². The molecule has 2 atom stereocenters. The molecule has 0 aliphatic heterocycles. The van der Waals surface area contributed by atoms with E-state index in [0.29, 0.717) is 12.6 Å². The van der Waals surface area contributed by atoms with E-state index >= 15 is 0 Å². The van der Waals surface area contributed by atoms with Crippen molar-refractivity contribution >= 4 is 5.91 Å². The number of nitrogens with one attached hydrogen (secondary N) is 2. The van der Waals surface area contributed by atoms with Gasteiger partial charge in [-0.1, -0.05) is 0 Å².